The summed E-state index contributed by atoms with van der Waals surface area (Å²) in [6, 6.07) is 12.9. The highest BCUT2D eigenvalue weighted by atomic mass is 19.1. The Balaban J connectivity index is 1.68. The van der Waals surface area contributed by atoms with Crippen molar-refractivity contribution in [2.75, 3.05) is 5.73 Å². The molecule has 0 aliphatic rings. The van der Waals surface area contributed by atoms with Gasteiger partial charge in [0.2, 0.25) is 5.82 Å². The van der Waals surface area contributed by atoms with Gasteiger partial charge in [0.25, 0.3) is 5.56 Å². The molecule has 0 aliphatic heterocycles. The summed E-state index contributed by atoms with van der Waals surface area (Å²) in [5.41, 5.74) is 7.02. The predicted molar refractivity (Wildman–Crippen MR) is 97.1 cm³/mol. The van der Waals surface area contributed by atoms with Crippen LogP contribution in [0, 0.1) is 11.6 Å². The summed E-state index contributed by atoms with van der Waals surface area (Å²) >= 11 is 0. The number of rotatable bonds is 4. The minimum absolute atomic E-state index is 0.0479. The van der Waals surface area contributed by atoms with Gasteiger partial charge in [0.05, 0.1) is 12.2 Å². The van der Waals surface area contributed by atoms with Crippen molar-refractivity contribution < 1.29 is 13.3 Å². The number of anilines is 1. The summed E-state index contributed by atoms with van der Waals surface area (Å²) < 4.78 is 32.9. The molecule has 0 bridgehead atoms. The van der Waals surface area contributed by atoms with Crippen LogP contribution in [0.3, 0.4) is 0 Å². The monoisotopic (exact) mass is 381 g/mol. The Morgan fingerprint density at radius 2 is 1.79 bits per heavy atom. The first-order chi connectivity index (χ1) is 13.5. The topological polar surface area (TPSA) is 99.8 Å². The molecule has 0 fully saturated rings. The van der Waals surface area contributed by atoms with Gasteiger partial charge in [-0.1, -0.05) is 23.4 Å². The molecule has 0 radical (unpaired) electrons. The van der Waals surface area contributed by atoms with Gasteiger partial charge in [-0.2, -0.15) is 10.1 Å². The number of nitrogen functional groups attached to an aromatic ring is 1. The van der Waals surface area contributed by atoms with Gasteiger partial charge in [-0.15, -0.1) is 0 Å². The second-order valence-electron chi connectivity index (χ2n) is 6.03. The minimum atomic E-state index is -0.721. The smallest absolute Gasteiger partial charge is 0.319 e. The molecule has 4 aromatic rings. The van der Waals surface area contributed by atoms with Crippen LogP contribution in [0.25, 0.3) is 22.6 Å². The fourth-order valence-corrected chi connectivity index (χ4v) is 2.75. The van der Waals surface area contributed by atoms with Crippen LogP contribution in [-0.2, 0) is 6.54 Å². The van der Waals surface area contributed by atoms with E-state index >= 15 is 0 Å². The van der Waals surface area contributed by atoms with Gasteiger partial charge >= 0.3 is 6.01 Å². The summed E-state index contributed by atoms with van der Waals surface area (Å²) in [4.78, 5) is 16.2. The summed E-state index contributed by atoms with van der Waals surface area (Å²) in [6.45, 7) is 0.144. The second kappa shape index (κ2) is 7.03. The van der Waals surface area contributed by atoms with Gasteiger partial charge < -0.3 is 10.3 Å². The van der Waals surface area contributed by atoms with Crippen molar-refractivity contribution in [1.29, 1.82) is 0 Å². The maximum atomic E-state index is 13.5. The number of aromatic nitrogens is 4. The molecule has 2 aromatic heterocycles. The number of hydrogen-bond acceptors (Lipinski definition) is 6. The number of nitrogens with zero attached hydrogens (tertiary/aromatic N) is 4. The summed E-state index contributed by atoms with van der Waals surface area (Å²) in [5.74, 6) is -1.12. The lowest BCUT2D eigenvalue weighted by molar-refractivity contribution is 0.437. The lowest BCUT2D eigenvalue weighted by Gasteiger charge is -2.08. The molecule has 28 heavy (non-hydrogen) atoms. The molecule has 0 unspecified atom stereocenters. The third kappa shape index (κ3) is 3.63. The number of hydrogen-bond donors (Lipinski definition) is 1. The molecule has 2 aromatic carbocycles. The van der Waals surface area contributed by atoms with Crippen LogP contribution in [0.1, 0.15) is 5.56 Å². The maximum Gasteiger partial charge on any atom is 0.319 e. The average molecular weight is 381 g/mol. The van der Waals surface area contributed by atoms with Crippen molar-refractivity contribution in [2.45, 2.75) is 6.54 Å². The van der Waals surface area contributed by atoms with Gasteiger partial charge in [0, 0.05) is 23.3 Å². The highest BCUT2D eigenvalue weighted by Gasteiger charge is 2.10. The van der Waals surface area contributed by atoms with Crippen molar-refractivity contribution in [1.82, 2.24) is 19.9 Å². The van der Waals surface area contributed by atoms with Gasteiger partial charge in [-0.3, -0.25) is 4.79 Å². The zero-order chi connectivity index (χ0) is 19.7. The van der Waals surface area contributed by atoms with Gasteiger partial charge in [0.15, 0.2) is 0 Å². The van der Waals surface area contributed by atoms with E-state index in [2.05, 4.69) is 15.2 Å². The molecule has 0 aliphatic carbocycles. The molecule has 4 rings (SSSR count). The summed E-state index contributed by atoms with van der Waals surface area (Å²) in [7, 11) is 0. The summed E-state index contributed by atoms with van der Waals surface area (Å²) in [5, 5.41) is 7.98. The Morgan fingerprint density at radius 3 is 2.50 bits per heavy atom. The Hall–Kier alpha value is -3.88. The fraction of sp³-hybridized carbons (Fsp3) is 0.0526. The normalized spacial score (nSPS) is 10.9. The van der Waals surface area contributed by atoms with E-state index in [1.165, 1.54) is 16.8 Å². The van der Waals surface area contributed by atoms with Crippen LogP contribution in [0.2, 0.25) is 0 Å². The van der Waals surface area contributed by atoms with Crippen molar-refractivity contribution in [3.05, 3.63) is 82.1 Å². The molecule has 0 amide bonds. The summed E-state index contributed by atoms with van der Waals surface area (Å²) in [6.07, 6.45) is 0. The average Bonchev–Trinajstić information content (AvgIpc) is 3.09. The number of nitrogens with two attached hydrogens (primary N) is 1. The molecule has 0 atom stereocenters. The van der Waals surface area contributed by atoms with Crippen LogP contribution in [0.15, 0.2) is 63.9 Å². The molecule has 2 N–H and O–H groups in total. The SMILES string of the molecule is Nc1nc(-c2cccc(Cn3nc(-c4cc(F)cc(F)c4)ccc3=O)c2)no1. The molecule has 0 saturated heterocycles. The highest BCUT2D eigenvalue weighted by molar-refractivity contribution is 5.58. The third-order valence-electron chi connectivity index (χ3n) is 3.98. The standard InChI is InChI=1S/C19H13F2N5O2/c20-14-7-13(8-15(21)9-14)16-4-5-17(27)26(24-16)10-11-2-1-3-12(6-11)18-23-19(22)28-25-18/h1-9H,10H2,(H2,22,23,25). The first kappa shape index (κ1) is 17.5. The molecule has 9 heteroatoms. The van der Waals surface area contributed by atoms with Crippen LogP contribution in [0.4, 0.5) is 14.8 Å². The first-order valence-electron chi connectivity index (χ1n) is 8.21. The lowest BCUT2D eigenvalue weighted by Crippen LogP contribution is -2.22. The zero-order valence-corrected chi connectivity index (χ0v) is 14.3. The van der Waals surface area contributed by atoms with E-state index in [0.29, 0.717) is 11.4 Å². The van der Waals surface area contributed by atoms with Crippen LogP contribution in [0.5, 0.6) is 0 Å². The molecule has 0 spiro atoms. The van der Waals surface area contributed by atoms with Crippen molar-refractivity contribution in [3.8, 4) is 22.6 Å². The van der Waals surface area contributed by atoms with E-state index in [1.807, 2.05) is 0 Å². The third-order valence-corrected chi connectivity index (χ3v) is 3.98. The Morgan fingerprint density at radius 1 is 1.00 bits per heavy atom. The number of benzene rings is 2. The highest BCUT2D eigenvalue weighted by Crippen LogP contribution is 2.20. The first-order valence-corrected chi connectivity index (χ1v) is 8.21. The van der Waals surface area contributed by atoms with Crippen LogP contribution >= 0.6 is 0 Å². The maximum absolute atomic E-state index is 13.5. The van der Waals surface area contributed by atoms with Crippen LogP contribution in [-0.4, -0.2) is 19.9 Å². The van der Waals surface area contributed by atoms with Crippen molar-refractivity contribution in [3.63, 3.8) is 0 Å². The Bertz CT molecular complexity index is 1200. The van der Waals surface area contributed by atoms with Crippen molar-refractivity contribution in [2.24, 2.45) is 0 Å². The fourth-order valence-electron chi connectivity index (χ4n) is 2.75. The lowest BCUT2D eigenvalue weighted by atomic mass is 10.1. The van der Waals surface area contributed by atoms with E-state index in [9.17, 15) is 13.6 Å². The Labute approximate surface area is 157 Å². The predicted octanol–water partition coefficient (Wildman–Crippen LogP) is 2.87. The van der Waals surface area contributed by atoms with E-state index < -0.39 is 11.6 Å². The molecule has 7 nitrogen and oxygen atoms in total. The molecular weight excluding hydrogens is 368 g/mol. The second-order valence-corrected chi connectivity index (χ2v) is 6.03. The van der Waals surface area contributed by atoms with E-state index in [4.69, 9.17) is 10.3 Å². The Kier molecular flexibility index (Phi) is 4.40. The molecule has 2 heterocycles. The van der Waals surface area contributed by atoms with Crippen LogP contribution < -0.4 is 11.3 Å². The van der Waals surface area contributed by atoms with Gasteiger partial charge in [0.1, 0.15) is 11.6 Å². The molecular formula is C19H13F2N5O2. The largest absolute Gasteiger partial charge is 0.351 e. The van der Waals surface area contributed by atoms with E-state index in [-0.39, 0.29) is 29.4 Å². The van der Waals surface area contributed by atoms with Crippen molar-refractivity contribution >= 4 is 6.01 Å². The number of halogens is 2. The minimum Gasteiger partial charge on any atom is -0.351 e. The zero-order valence-electron chi connectivity index (χ0n) is 14.3. The van der Waals surface area contributed by atoms with Gasteiger partial charge in [-0.05, 0) is 29.8 Å². The molecule has 140 valence electrons. The molecule has 0 saturated carbocycles. The quantitative estimate of drug-likeness (QED) is 0.583. The van der Waals surface area contributed by atoms with Gasteiger partial charge in [-0.25, -0.2) is 13.5 Å². The van der Waals surface area contributed by atoms with E-state index in [1.54, 1.807) is 24.3 Å². The van der Waals surface area contributed by atoms with E-state index in [0.717, 1.165) is 23.8 Å².